The van der Waals surface area contributed by atoms with Gasteiger partial charge in [0.25, 0.3) is 0 Å². The average molecular weight is 114 g/mol. The van der Waals surface area contributed by atoms with Crippen molar-refractivity contribution in [3.8, 4) is 0 Å². The van der Waals surface area contributed by atoms with Gasteiger partial charge in [0, 0.05) is 0 Å². The van der Waals surface area contributed by atoms with Crippen molar-refractivity contribution in [2.24, 2.45) is 0 Å². The standard InChI is InChI=1S/C7H14O/c1-3-5-6-7(8)4-2/h4,7-8H,2-3,5-6H2,1H3/t7-/m1/s1. The van der Waals surface area contributed by atoms with E-state index in [0.29, 0.717) is 0 Å². The molecule has 0 amide bonds. The first kappa shape index (κ1) is 7.70. The Morgan fingerprint density at radius 3 is 2.75 bits per heavy atom. The van der Waals surface area contributed by atoms with Gasteiger partial charge in [0.1, 0.15) is 0 Å². The van der Waals surface area contributed by atoms with Crippen LogP contribution < -0.4 is 0 Å². The van der Waals surface area contributed by atoms with Crippen LogP contribution in [-0.2, 0) is 0 Å². The molecule has 1 atom stereocenters. The molecule has 0 saturated carbocycles. The Labute approximate surface area is 51.0 Å². The van der Waals surface area contributed by atoms with E-state index in [1.807, 2.05) is 0 Å². The molecule has 0 aliphatic carbocycles. The van der Waals surface area contributed by atoms with Gasteiger partial charge in [-0.05, 0) is 6.42 Å². The lowest BCUT2D eigenvalue weighted by Gasteiger charge is -2.00. The van der Waals surface area contributed by atoms with Gasteiger partial charge in [-0.15, -0.1) is 6.58 Å². The van der Waals surface area contributed by atoms with Crippen LogP contribution in [0, 0.1) is 0 Å². The van der Waals surface area contributed by atoms with E-state index in [1.54, 1.807) is 6.08 Å². The summed E-state index contributed by atoms with van der Waals surface area (Å²) in [5.41, 5.74) is 0. The van der Waals surface area contributed by atoms with E-state index in [2.05, 4.69) is 13.5 Å². The largest absolute Gasteiger partial charge is 0.389 e. The number of unbranched alkanes of at least 4 members (excludes halogenated alkanes) is 1. The highest BCUT2D eigenvalue weighted by Crippen LogP contribution is 1.99. The third kappa shape index (κ3) is 3.88. The normalized spacial score (nSPS) is 13.2. The van der Waals surface area contributed by atoms with E-state index in [1.165, 1.54) is 0 Å². The zero-order chi connectivity index (χ0) is 6.41. The van der Waals surface area contributed by atoms with Crippen LogP contribution in [0.25, 0.3) is 0 Å². The van der Waals surface area contributed by atoms with Crippen molar-refractivity contribution >= 4 is 0 Å². The fraction of sp³-hybridized carbons (Fsp3) is 0.714. The van der Waals surface area contributed by atoms with E-state index >= 15 is 0 Å². The summed E-state index contributed by atoms with van der Waals surface area (Å²) in [6, 6.07) is 0. The van der Waals surface area contributed by atoms with Gasteiger partial charge in [-0.2, -0.15) is 0 Å². The molecule has 0 spiro atoms. The number of hydrogen-bond acceptors (Lipinski definition) is 1. The predicted octanol–water partition coefficient (Wildman–Crippen LogP) is 1.72. The average Bonchev–Trinajstić information content (AvgIpc) is 1.83. The predicted molar refractivity (Wildman–Crippen MR) is 35.7 cm³/mol. The fourth-order valence-corrected chi connectivity index (χ4v) is 0.531. The molecule has 0 unspecified atom stereocenters. The molecule has 0 radical (unpaired) electrons. The smallest absolute Gasteiger partial charge is 0.0718 e. The summed E-state index contributed by atoms with van der Waals surface area (Å²) in [6.07, 6.45) is 4.39. The minimum Gasteiger partial charge on any atom is -0.389 e. The Morgan fingerprint density at radius 1 is 1.75 bits per heavy atom. The van der Waals surface area contributed by atoms with E-state index in [0.717, 1.165) is 19.3 Å². The maximum atomic E-state index is 8.87. The molecule has 0 fully saturated rings. The number of aliphatic hydroxyl groups excluding tert-OH is 1. The molecule has 1 N–H and O–H groups in total. The highest BCUT2D eigenvalue weighted by molar-refractivity contribution is 4.76. The molecule has 0 aromatic carbocycles. The molecular weight excluding hydrogens is 100 g/mol. The monoisotopic (exact) mass is 114 g/mol. The molecule has 0 rings (SSSR count). The van der Waals surface area contributed by atoms with Gasteiger partial charge in [0.15, 0.2) is 0 Å². The first-order valence-corrected chi connectivity index (χ1v) is 3.12. The molecule has 0 aliphatic heterocycles. The summed E-state index contributed by atoms with van der Waals surface area (Å²) in [6.45, 7) is 5.57. The minimum atomic E-state index is -0.282. The first-order chi connectivity index (χ1) is 3.81. The molecular formula is C7H14O. The van der Waals surface area contributed by atoms with Crippen molar-refractivity contribution in [1.29, 1.82) is 0 Å². The Bertz CT molecular complexity index is 59.4. The first-order valence-electron chi connectivity index (χ1n) is 3.12. The van der Waals surface area contributed by atoms with Crippen LogP contribution in [0.5, 0.6) is 0 Å². The fourth-order valence-electron chi connectivity index (χ4n) is 0.531. The van der Waals surface area contributed by atoms with Crippen molar-refractivity contribution in [1.82, 2.24) is 0 Å². The van der Waals surface area contributed by atoms with E-state index in [9.17, 15) is 0 Å². The van der Waals surface area contributed by atoms with Crippen LogP contribution in [-0.4, -0.2) is 11.2 Å². The summed E-state index contributed by atoms with van der Waals surface area (Å²) < 4.78 is 0. The highest BCUT2D eigenvalue weighted by Gasteiger charge is 1.93. The van der Waals surface area contributed by atoms with E-state index < -0.39 is 0 Å². The summed E-state index contributed by atoms with van der Waals surface area (Å²) in [5.74, 6) is 0. The van der Waals surface area contributed by atoms with Crippen LogP contribution >= 0.6 is 0 Å². The number of aliphatic hydroxyl groups is 1. The van der Waals surface area contributed by atoms with Gasteiger partial charge >= 0.3 is 0 Å². The van der Waals surface area contributed by atoms with Gasteiger partial charge < -0.3 is 5.11 Å². The van der Waals surface area contributed by atoms with Crippen LogP contribution in [0.2, 0.25) is 0 Å². The second-order valence-corrected chi connectivity index (χ2v) is 1.95. The Kier molecular flexibility index (Phi) is 4.67. The SMILES string of the molecule is C=C[C@@H](O)CCCC. The van der Waals surface area contributed by atoms with Crippen LogP contribution in [0.1, 0.15) is 26.2 Å². The van der Waals surface area contributed by atoms with E-state index in [-0.39, 0.29) is 6.10 Å². The molecule has 0 saturated heterocycles. The molecule has 8 heavy (non-hydrogen) atoms. The molecule has 1 heteroatoms. The number of rotatable bonds is 4. The maximum Gasteiger partial charge on any atom is 0.0718 e. The Balaban J connectivity index is 2.98. The van der Waals surface area contributed by atoms with Crippen molar-refractivity contribution in [2.75, 3.05) is 0 Å². The van der Waals surface area contributed by atoms with Gasteiger partial charge in [0.2, 0.25) is 0 Å². The van der Waals surface area contributed by atoms with Crippen molar-refractivity contribution < 1.29 is 5.11 Å². The zero-order valence-electron chi connectivity index (χ0n) is 5.43. The quantitative estimate of drug-likeness (QED) is 0.552. The molecule has 0 aromatic rings. The summed E-state index contributed by atoms with van der Waals surface area (Å²) in [4.78, 5) is 0. The second-order valence-electron chi connectivity index (χ2n) is 1.95. The third-order valence-corrected chi connectivity index (χ3v) is 1.13. The van der Waals surface area contributed by atoms with Crippen molar-refractivity contribution in [3.63, 3.8) is 0 Å². The highest BCUT2D eigenvalue weighted by atomic mass is 16.3. The van der Waals surface area contributed by atoms with Crippen LogP contribution in [0.3, 0.4) is 0 Å². The third-order valence-electron chi connectivity index (χ3n) is 1.13. The van der Waals surface area contributed by atoms with Gasteiger partial charge in [0.05, 0.1) is 6.10 Å². The topological polar surface area (TPSA) is 20.2 Å². The summed E-state index contributed by atoms with van der Waals surface area (Å²) in [7, 11) is 0. The minimum absolute atomic E-state index is 0.282. The molecule has 0 bridgehead atoms. The van der Waals surface area contributed by atoms with E-state index in [4.69, 9.17) is 5.11 Å². The van der Waals surface area contributed by atoms with Gasteiger partial charge in [-0.1, -0.05) is 25.8 Å². The zero-order valence-corrected chi connectivity index (χ0v) is 5.43. The van der Waals surface area contributed by atoms with Gasteiger partial charge in [-0.3, -0.25) is 0 Å². The molecule has 0 aromatic heterocycles. The van der Waals surface area contributed by atoms with Gasteiger partial charge in [-0.25, -0.2) is 0 Å². The lowest BCUT2D eigenvalue weighted by molar-refractivity contribution is 0.209. The van der Waals surface area contributed by atoms with Crippen molar-refractivity contribution in [2.45, 2.75) is 32.3 Å². The maximum absolute atomic E-state index is 8.87. The van der Waals surface area contributed by atoms with Crippen LogP contribution in [0.4, 0.5) is 0 Å². The van der Waals surface area contributed by atoms with Crippen molar-refractivity contribution in [3.05, 3.63) is 12.7 Å². The summed E-state index contributed by atoms with van der Waals surface area (Å²) in [5, 5.41) is 8.87. The summed E-state index contributed by atoms with van der Waals surface area (Å²) >= 11 is 0. The van der Waals surface area contributed by atoms with Crippen LogP contribution in [0.15, 0.2) is 12.7 Å². The second kappa shape index (κ2) is 4.85. The lowest BCUT2D eigenvalue weighted by Crippen LogP contribution is -1.99. The molecule has 48 valence electrons. The lowest BCUT2D eigenvalue weighted by atomic mass is 10.2. The molecule has 0 heterocycles. The molecule has 0 aliphatic rings. The number of hydrogen-bond donors (Lipinski definition) is 1. The Morgan fingerprint density at radius 2 is 2.38 bits per heavy atom. The molecule has 1 nitrogen and oxygen atoms in total. The Hall–Kier alpha value is -0.300.